The number of rotatable bonds is 11. The summed E-state index contributed by atoms with van der Waals surface area (Å²) < 4.78 is 16.5. The second kappa shape index (κ2) is 10.3. The molecule has 0 saturated heterocycles. The summed E-state index contributed by atoms with van der Waals surface area (Å²) in [6.45, 7) is 3.50. The van der Waals surface area contributed by atoms with Crippen molar-refractivity contribution in [3.63, 3.8) is 0 Å². The summed E-state index contributed by atoms with van der Waals surface area (Å²) in [5.74, 6) is 3.16. The first-order chi connectivity index (χ1) is 12.7. The molecule has 2 aromatic rings. The second-order valence-electron chi connectivity index (χ2n) is 5.85. The van der Waals surface area contributed by atoms with Crippen LogP contribution in [0.2, 0.25) is 0 Å². The zero-order valence-electron chi connectivity index (χ0n) is 15.7. The molecule has 0 fully saturated rings. The lowest BCUT2D eigenvalue weighted by Gasteiger charge is -2.13. The number of nitrogens with zero attached hydrogens (tertiary/aromatic N) is 2. The average molecular weight is 360 g/mol. The average Bonchev–Trinajstić information content (AvgIpc) is 2.66. The quantitative estimate of drug-likeness (QED) is 0.594. The van der Waals surface area contributed by atoms with Crippen molar-refractivity contribution in [2.45, 2.75) is 32.6 Å². The van der Waals surface area contributed by atoms with Gasteiger partial charge in [0.2, 0.25) is 5.95 Å². The van der Waals surface area contributed by atoms with Crippen LogP contribution in [0.5, 0.6) is 17.2 Å². The van der Waals surface area contributed by atoms with Crippen molar-refractivity contribution in [1.29, 1.82) is 0 Å². The Kier molecular flexibility index (Phi) is 7.79. The third-order valence-electron chi connectivity index (χ3n) is 3.93. The van der Waals surface area contributed by atoms with Gasteiger partial charge in [0.25, 0.3) is 0 Å². The van der Waals surface area contributed by atoms with Crippen molar-refractivity contribution in [2.75, 3.05) is 38.4 Å². The molecular formula is C19H28N4O3. The maximum Gasteiger partial charge on any atom is 0.222 e. The molecule has 142 valence electrons. The molecule has 7 heteroatoms. The van der Waals surface area contributed by atoms with Crippen LogP contribution in [0.15, 0.2) is 24.4 Å². The molecule has 2 rings (SSSR count). The van der Waals surface area contributed by atoms with Gasteiger partial charge in [-0.3, -0.25) is 0 Å². The minimum Gasteiger partial charge on any atom is -0.497 e. The molecule has 1 heterocycles. The Morgan fingerprint density at radius 2 is 1.96 bits per heavy atom. The SMILES string of the molecule is CCCCNc1nc(N)ncc1OCCCc1cc(OC)ccc1OC. The Labute approximate surface area is 154 Å². The van der Waals surface area contributed by atoms with E-state index in [1.54, 1.807) is 20.4 Å². The van der Waals surface area contributed by atoms with Crippen molar-refractivity contribution < 1.29 is 14.2 Å². The highest BCUT2D eigenvalue weighted by molar-refractivity contribution is 5.51. The number of nitrogens with two attached hydrogens (primary N) is 1. The third-order valence-corrected chi connectivity index (χ3v) is 3.93. The van der Waals surface area contributed by atoms with Crippen LogP contribution in [0.3, 0.4) is 0 Å². The topological polar surface area (TPSA) is 91.5 Å². The van der Waals surface area contributed by atoms with Crippen LogP contribution in [0.4, 0.5) is 11.8 Å². The monoisotopic (exact) mass is 360 g/mol. The Morgan fingerprint density at radius 1 is 1.12 bits per heavy atom. The minimum absolute atomic E-state index is 0.234. The first kappa shape index (κ1) is 19.6. The highest BCUT2D eigenvalue weighted by atomic mass is 16.5. The molecule has 0 aliphatic heterocycles. The summed E-state index contributed by atoms with van der Waals surface area (Å²) in [6.07, 6.45) is 5.41. The maximum absolute atomic E-state index is 5.86. The fourth-order valence-corrected chi connectivity index (χ4v) is 2.52. The van der Waals surface area contributed by atoms with Crippen LogP contribution in [0.25, 0.3) is 0 Å². The van der Waals surface area contributed by atoms with Gasteiger partial charge in [0.1, 0.15) is 11.5 Å². The van der Waals surface area contributed by atoms with Crippen molar-refractivity contribution in [3.05, 3.63) is 30.0 Å². The molecule has 0 radical (unpaired) electrons. The molecule has 0 bridgehead atoms. The van der Waals surface area contributed by atoms with Crippen molar-refractivity contribution in [1.82, 2.24) is 9.97 Å². The molecule has 1 aromatic heterocycles. The molecule has 0 spiro atoms. The zero-order chi connectivity index (χ0) is 18.8. The molecule has 0 amide bonds. The Bertz CT molecular complexity index is 694. The molecule has 0 aliphatic rings. The second-order valence-corrected chi connectivity index (χ2v) is 5.85. The number of ether oxygens (including phenoxy) is 3. The van der Waals surface area contributed by atoms with Gasteiger partial charge in [-0.1, -0.05) is 13.3 Å². The number of anilines is 2. The van der Waals surface area contributed by atoms with E-state index < -0.39 is 0 Å². The van der Waals surface area contributed by atoms with Crippen LogP contribution in [0.1, 0.15) is 31.7 Å². The molecule has 0 aliphatic carbocycles. The Hall–Kier alpha value is -2.70. The minimum atomic E-state index is 0.234. The number of nitrogen functional groups attached to an aromatic ring is 1. The van der Waals surface area contributed by atoms with E-state index in [1.807, 2.05) is 18.2 Å². The standard InChI is InChI=1S/C19H28N4O3/c1-4-5-10-21-18-17(13-22-19(20)23-18)26-11-6-7-14-12-15(24-2)8-9-16(14)25-3/h8-9,12-13H,4-7,10-11H2,1-3H3,(H3,20,21,22,23). The lowest BCUT2D eigenvalue weighted by Crippen LogP contribution is -2.09. The first-order valence-electron chi connectivity index (χ1n) is 8.88. The first-order valence-corrected chi connectivity index (χ1v) is 8.88. The third kappa shape index (κ3) is 5.68. The summed E-state index contributed by atoms with van der Waals surface area (Å²) in [5.41, 5.74) is 6.77. The lowest BCUT2D eigenvalue weighted by atomic mass is 10.1. The predicted molar refractivity (Wildman–Crippen MR) is 103 cm³/mol. The Balaban J connectivity index is 1.92. The number of nitrogens with one attached hydrogen (secondary N) is 1. The van der Waals surface area contributed by atoms with Crippen molar-refractivity contribution >= 4 is 11.8 Å². The summed E-state index contributed by atoms with van der Waals surface area (Å²) in [4.78, 5) is 8.25. The van der Waals surface area contributed by atoms with Gasteiger partial charge in [0, 0.05) is 6.54 Å². The number of hydrogen-bond donors (Lipinski definition) is 2. The molecular weight excluding hydrogens is 332 g/mol. The normalized spacial score (nSPS) is 10.4. The molecule has 1 aromatic carbocycles. The highest BCUT2D eigenvalue weighted by Crippen LogP contribution is 2.26. The van der Waals surface area contributed by atoms with E-state index in [-0.39, 0.29) is 5.95 Å². The van der Waals surface area contributed by atoms with E-state index in [9.17, 15) is 0 Å². The van der Waals surface area contributed by atoms with Crippen LogP contribution < -0.4 is 25.3 Å². The number of methoxy groups -OCH3 is 2. The van der Waals surface area contributed by atoms with Gasteiger partial charge in [0.05, 0.1) is 27.0 Å². The van der Waals surface area contributed by atoms with E-state index in [4.69, 9.17) is 19.9 Å². The molecule has 0 atom stereocenters. The van der Waals surface area contributed by atoms with Crippen molar-refractivity contribution in [3.8, 4) is 17.2 Å². The van der Waals surface area contributed by atoms with E-state index in [1.165, 1.54) is 0 Å². The molecule has 0 unspecified atom stereocenters. The van der Waals surface area contributed by atoms with Crippen LogP contribution in [-0.2, 0) is 6.42 Å². The number of unbranched alkanes of at least 4 members (excludes halogenated alkanes) is 1. The summed E-state index contributed by atoms with van der Waals surface area (Å²) >= 11 is 0. The van der Waals surface area contributed by atoms with Gasteiger partial charge in [-0.25, -0.2) is 4.98 Å². The maximum atomic E-state index is 5.86. The largest absolute Gasteiger partial charge is 0.497 e. The van der Waals surface area contributed by atoms with E-state index in [0.717, 1.165) is 49.3 Å². The number of aromatic nitrogens is 2. The molecule has 7 nitrogen and oxygen atoms in total. The van der Waals surface area contributed by atoms with Gasteiger partial charge in [-0.05, 0) is 43.0 Å². The van der Waals surface area contributed by atoms with Gasteiger partial charge in [-0.15, -0.1) is 0 Å². The fraction of sp³-hybridized carbons (Fsp3) is 0.474. The smallest absolute Gasteiger partial charge is 0.222 e. The van der Waals surface area contributed by atoms with Crippen LogP contribution in [-0.4, -0.2) is 37.3 Å². The fourth-order valence-electron chi connectivity index (χ4n) is 2.52. The molecule has 0 saturated carbocycles. The Morgan fingerprint density at radius 3 is 2.69 bits per heavy atom. The zero-order valence-corrected chi connectivity index (χ0v) is 15.7. The van der Waals surface area contributed by atoms with Crippen molar-refractivity contribution in [2.24, 2.45) is 0 Å². The number of aryl methyl sites for hydroxylation is 1. The van der Waals surface area contributed by atoms with Crippen LogP contribution >= 0.6 is 0 Å². The predicted octanol–water partition coefficient (Wildman–Crippen LogP) is 3.30. The lowest BCUT2D eigenvalue weighted by molar-refractivity contribution is 0.309. The van der Waals surface area contributed by atoms with Gasteiger partial charge in [0.15, 0.2) is 11.6 Å². The highest BCUT2D eigenvalue weighted by Gasteiger charge is 2.08. The van der Waals surface area contributed by atoms with Gasteiger partial charge < -0.3 is 25.3 Å². The van der Waals surface area contributed by atoms with E-state index >= 15 is 0 Å². The summed E-state index contributed by atoms with van der Waals surface area (Å²) in [5, 5.41) is 3.25. The van der Waals surface area contributed by atoms with E-state index in [0.29, 0.717) is 18.2 Å². The van der Waals surface area contributed by atoms with Gasteiger partial charge >= 0.3 is 0 Å². The summed E-state index contributed by atoms with van der Waals surface area (Å²) in [6, 6.07) is 5.79. The summed E-state index contributed by atoms with van der Waals surface area (Å²) in [7, 11) is 3.32. The molecule has 26 heavy (non-hydrogen) atoms. The van der Waals surface area contributed by atoms with E-state index in [2.05, 4.69) is 22.2 Å². The number of benzene rings is 1. The van der Waals surface area contributed by atoms with Gasteiger partial charge in [-0.2, -0.15) is 4.98 Å². The molecule has 3 N–H and O–H groups in total. The number of hydrogen-bond acceptors (Lipinski definition) is 7. The van der Waals surface area contributed by atoms with Crippen LogP contribution in [0, 0.1) is 0 Å².